The van der Waals surface area contributed by atoms with Gasteiger partial charge < -0.3 is 9.47 Å². The molecule has 0 heterocycles. The van der Waals surface area contributed by atoms with E-state index in [1.807, 2.05) is 0 Å². The third-order valence-corrected chi connectivity index (χ3v) is 5.24. The Morgan fingerprint density at radius 2 is 0.969 bits per heavy atom. The quantitative estimate of drug-likeness (QED) is 0.0995. The largest absolute Gasteiger partial charge is 0.463 e. The van der Waals surface area contributed by atoms with E-state index in [1.165, 1.54) is 89.5 Å². The van der Waals surface area contributed by atoms with E-state index in [-0.39, 0.29) is 11.9 Å². The lowest BCUT2D eigenvalue weighted by atomic mass is 10.1. The summed E-state index contributed by atoms with van der Waals surface area (Å²) >= 11 is 0. The van der Waals surface area contributed by atoms with Crippen molar-refractivity contribution in [3.63, 3.8) is 0 Å². The van der Waals surface area contributed by atoms with Gasteiger partial charge >= 0.3 is 11.9 Å². The molecule has 32 heavy (non-hydrogen) atoms. The molecule has 0 fully saturated rings. The minimum Gasteiger partial charge on any atom is -0.463 e. The molecule has 0 bridgehead atoms. The van der Waals surface area contributed by atoms with Gasteiger partial charge in [0.25, 0.3) is 0 Å². The normalized spacial score (nSPS) is 10.1. The second kappa shape index (κ2) is 27.5. The van der Waals surface area contributed by atoms with Gasteiger partial charge in [0.15, 0.2) is 0 Å². The van der Waals surface area contributed by atoms with E-state index >= 15 is 0 Å². The summed E-state index contributed by atoms with van der Waals surface area (Å²) in [5.74, 6) is -0.567. The third-order valence-electron chi connectivity index (χ3n) is 5.24. The monoisotopic (exact) mass is 452 g/mol. The molecule has 0 aliphatic carbocycles. The Balaban J connectivity index is 0. The lowest BCUT2D eigenvalue weighted by Crippen LogP contribution is -2.05. The minimum atomic E-state index is -0.306. The van der Waals surface area contributed by atoms with Crippen LogP contribution in [0.25, 0.3) is 0 Å². The van der Waals surface area contributed by atoms with E-state index in [9.17, 15) is 9.59 Å². The Morgan fingerprint density at radius 3 is 1.31 bits per heavy atom. The Hall–Kier alpha value is -1.58. The Labute approximate surface area is 199 Å². The third kappa shape index (κ3) is 28.4. The van der Waals surface area contributed by atoms with E-state index in [4.69, 9.17) is 9.47 Å². The topological polar surface area (TPSA) is 52.6 Å². The fraction of sp³-hybridized carbons (Fsp3) is 0.786. The van der Waals surface area contributed by atoms with Crippen LogP contribution in [-0.2, 0) is 19.1 Å². The average Bonchev–Trinajstić information content (AvgIpc) is 2.79. The van der Waals surface area contributed by atoms with Crippen LogP contribution >= 0.6 is 0 Å². The van der Waals surface area contributed by atoms with Crippen molar-refractivity contribution in [1.82, 2.24) is 0 Å². The van der Waals surface area contributed by atoms with Crippen LogP contribution in [0.3, 0.4) is 0 Å². The van der Waals surface area contributed by atoms with Crippen LogP contribution in [0.1, 0.15) is 130 Å². The number of esters is 2. The Kier molecular flexibility index (Phi) is 28.0. The molecule has 188 valence electrons. The molecule has 0 aromatic carbocycles. The highest BCUT2D eigenvalue weighted by Gasteiger charge is 2.01. The summed E-state index contributed by atoms with van der Waals surface area (Å²) in [6.07, 6.45) is 22.8. The molecule has 0 aromatic rings. The number of carbonyl (C=O) groups excluding carboxylic acids is 2. The van der Waals surface area contributed by atoms with Crippen LogP contribution in [0.5, 0.6) is 0 Å². The van der Waals surface area contributed by atoms with Gasteiger partial charge in [-0.3, -0.25) is 0 Å². The van der Waals surface area contributed by atoms with Crippen molar-refractivity contribution in [2.45, 2.75) is 130 Å². The first-order valence-electron chi connectivity index (χ1n) is 13.1. The molecule has 0 unspecified atom stereocenters. The fourth-order valence-electron chi connectivity index (χ4n) is 3.17. The van der Waals surface area contributed by atoms with Gasteiger partial charge in [-0.25, -0.2) is 9.59 Å². The summed E-state index contributed by atoms with van der Waals surface area (Å²) < 4.78 is 9.90. The lowest BCUT2D eigenvalue weighted by molar-refractivity contribution is -0.139. The molecule has 0 N–H and O–H groups in total. The van der Waals surface area contributed by atoms with Gasteiger partial charge in [-0.1, -0.05) is 123 Å². The number of hydrogen-bond acceptors (Lipinski definition) is 4. The highest BCUT2D eigenvalue weighted by molar-refractivity contribution is 5.86. The van der Waals surface area contributed by atoms with Crippen LogP contribution in [-0.4, -0.2) is 25.2 Å². The van der Waals surface area contributed by atoms with Crippen LogP contribution in [0.15, 0.2) is 24.8 Å². The van der Waals surface area contributed by atoms with Crippen molar-refractivity contribution in [2.75, 3.05) is 13.2 Å². The second-order valence-corrected chi connectivity index (χ2v) is 8.59. The van der Waals surface area contributed by atoms with Gasteiger partial charge in [-0.2, -0.15) is 0 Å². The zero-order valence-corrected chi connectivity index (χ0v) is 21.6. The second-order valence-electron chi connectivity index (χ2n) is 8.59. The maximum absolute atomic E-state index is 11.0. The zero-order valence-electron chi connectivity index (χ0n) is 21.6. The maximum atomic E-state index is 11.0. The van der Waals surface area contributed by atoms with Crippen molar-refractivity contribution in [2.24, 2.45) is 0 Å². The number of ether oxygens (including phenoxy) is 2. The van der Waals surface area contributed by atoms with Crippen LogP contribution in [0, 0.1) is 0 Å². The van der Waals surface area contributed by atoms with Gasteiger partial charge in [0.2, 0.25) is 0 Å². The van der Waals surface area contributed by atoms with E-state index < -0.39 is 0 Å². The number of carbonyl (C=O) groups is 2. The van der Waals surface area contributed by atoms with Crippen LogP contribution in [0.2, 0.25) is 0 Å². The summed E-state index contributed by atoms with van der Waals surface area (Å²) in [6.45, 7) is 14.1. The molecule has 0 atom stereocenters. The Morgan fingerprint density at radius 1 is 0.625 bits per heavy atom. The standard InChI is InChI=1S/2C14H26O2/c1-4-5-6-7-8-9-10-11-12-16-14(15)13(2)3;1-3-5-6-7-8-9-10-11-12-13-16-14(15)4-2/h2,4-12H2,1,3H3;4H,2-3,5-13H2,1H3. The Bertz CT molecular complexity index is 454. The van der Waals surface area contributed by atoms with Crippen LogP contribution in [0.4, 0.5) is 0 Å². The summed E-state index contributed by atoms with van der Waals surface area (Å²) in [5, 5.41) is 0. The van der Waals surface area contributed by atoms with Gasteiger partial charge in [0.1, 0.15) is 0 Å². The predicted octanol–water partition coefficient (Wildman–Crippen LogP) is 8.49. The molecular weight excluding hydrogens is 400 g/mol. The molecule has 0 saturated carbocycles. The number of unbranched alkanes of at least 4 members (excludes halogenated alkanes) is 15. The first-order valence-corrected chi connectivity index (χ1v) is 13.1. The molecule has 0 rings (SSSR count). The molecule has 0 radical (unpaired) electrons. The highest BCUT2D eigenvalue weighted by atomic mass is 16.5. The average molecular weight is 453 g/mol. The molecule has 0 spiro atoms. The summed E-state index contributed by atoms with van der Waals surface area (Å²) in [5.41, 5.74) is 0.486. The number of hydrogen-bond donors (Lipinski definition) is 0. The predicted molar refractivity (Wildman–Crippen MR) is 137 cm³/mol. The van der Waals surface area contributed by atoms with E-state index in [0.717, 1.165) is 25.7 Å². The number of rotatable bonds is 21. The zero-order chi connectivity index (χ0) is 24.3. The SMILES string of the molecule is C=C(C)C(=O)OCCCCCCCCCC.C=CC(=O)OCCCCCCCCCCC. The van der Waals surface area contributed by atoms with Crippen molar-refractivity contribution < 1.29 is 19.1 Å². The van der Waals surface area contributed by atoms with E-state index in [2.05, 4.69) is 27.0 Å². The smallest absolute Gasteiger partial charge is 0.333 e. The molecule has 0 saturated heterocycles. The van der Waals surface area contributed by atoms with Crippen molar-refractivity contribution >= 4 is 11.9 Å². The summed E-state index contributed by atoms with van der Waals surface area (Å²) in [4.78, 5) is 21.7. The minimum absolute atomic E-state index is 0.261. The molecule has 4 heteroatoms. The van der Waals surface area contributed by atoms with Crippen molar-refractivity contribution in [3.8, 4) is 0 Å². The molecule has 4 nitrogen and oxygen atoms in total. The van der Waals surface area contributed by atoms with E-state index in [0.29, 0.717) is 18.8 Å². The van der Waals surface area contributed by atoms with Crippen LogP contribution < -0.4 is 0 Å². The van der Waals surface area contributed by atoms with Gasteiger partial charge in [-0.05, 0) is 19.8 Å². The first kappa shape index (κ1) is 32.6. The van der Waals surface area contributed by atoms with Gasteiger partial charge in [0.05, 0.1) is 13.2 Å². The highest BCUT2D eigenvalue weighted by Crippen LogP contribution is 2.10. The molecule has 0 aliphatic rings. The summed E-state index contributed by atoms with van der Waals surface area (Å²) in [7, 11) is 0. The van der Waals surface area contributed by atoms with Gasteiger partial charge in [0, 0.05) is 11.6 Å². The lowest BCUT2D eigenvalue weighted by Gasteiger charge is -2.04. The molecule has 0 aliphatic heterocycles. The molecule has 0 amide bonds. The fourth-order valence-corrected chi connectivity index (χ4v) is 3.17. The van der Waals surface area contributed by atoms with E-state index in [1.54, 1.807) is 6.92 Å². The molecular formula is C28H52O4. The molecule has 0 aromatic heterocycles. The van der Waals surface area contributed by atoms with Crippen molar-refractivity contribution in [1.29, 1.82) is 0 Å². The van der Waals surface area contributed by atoms with Gasteiger partial charge in [-0.15, -0.1) is 0 Å². The maximum Gasteiger partial charge on any atom is 0.333 e. The first-order chi connectivity index (χ1) is 15.5. The summed E-state index contributed by atoms with van der Waals surface area (Å²) in [6, 6.07) is 0. The van der Waals surface area contributed by atoms with Crippen molar-refractivity contribution in [3.05, 3.63) is 24.8 Å².